The van der Waals surface area contributed by atoms with E-state index in [1.165, 1.54) is 41.3 Å². The number of nitrogens with zero attached hydrogens (tertiary/aromatic N) is 7. The van der Waals surface area contributed by atoms with Crippen LogP contribution in [-0.4, -0.2) is 41.4 Å². The second-order valence-electron chi connectivity index (χ2n) is 7.62. The summed E-state index contributed by atoms with van der Waals surface area (Å²) in [4.78, 5) is 22.5. The zero-order valence-corrected chi connectivity index (χ0v) is 17.7. The molecule has 30 heavy (non-hydrogen) atoms. The standard InChI is InChI=1S/C19H21N7O3S/c1-4-11-5-6-12-14(7-11)30-19-15(12)17-21-16(22-25(17)9-20-19)10(2)24-8-13(26(27)28)18(23-24)29-3/h8-11H,4-7H2,1-3H3. The van der Waals surface area contributed by atoms with Gasteiger partial charge >= 0.3 is 11.6 Å². The minimum Gasteiger partial charge on any atom is -0.475 e. The summed E-state index contributed by atoms with van der Waals surface area (Å²) >= 11 is 1.76. The second-order valence-corrected chi connectivity index (χ2v) is 8.70. The number of aromatic nitrogens is 6. The Morgan fingerprint density at radius 2 is 2.27 bits per heavy atom. The fourth-order valence-electron chi connectivity index (χ4n) is 4.14. The molecule has 0 aromatic carbocycles. The SMILES string of the molecule is CCC1CCc2c(sc3ncn4nc(C(C)n5cc([N+](=O)[O-])c(OC)n5)nc4c23)C1. The monoisotopic (exact) mass is 427 g/mol. The average molecular weight is 427 g/mol. The van der Waals surface area contributed by atoms with Crippen LogP contribution in [0.5, 0.6) is 5.88 Å². The molecule has 4 aromatic heterocycles. The smallest absolute Gasteiger partial charge is 0.350 e. The van der Waals surface area contributed by atoms with Crippen LogP contribution in [0.4, 0.5) is 5.69 Å². The summed E-state index contributed by atoms with van der Waals surface area (Å²) in [6, 6.07) is -0.401. The first-order valence-electron chi connectivity index (χ1n) is 9.93. The van der Waals surface area contributed by atoms with E-state index in [4.69, 9.17) is 9.72 Å². The molecule has 0 fully saturated rings. The van der Waals surface area contributed by atoms with Gasteiger partial charge in [-0.2, -0.15) is 0 Å². The highest BCUT2D eigenvalue weighted by molar-refractivity contribution is 7.19. The molecule has 11 heteroatoms. The fourth-order valence-corrected chi connectivity index (χ4v) is 5.43. The van der Waals surface area contributed by atoms with E-state index in [9.17, 15) is 10.1 Å². The van der Waals surface area contributed by atoms with E-state index in [-0.39, 0.29) is 11.6 Å². The number of aryl methyl sites for hydroxylation is 1. The highest BCUT2D eigenvalue weighted by Gasteiger charge is 2.27. The van der Waals surface area contributed by atoms with Crippen LogP contribution in [0.3, 0.4) is 0 Å². The zero-order valence-electron chi connectivity index (χ0n) is 16.9. The zero-order chi connectivity index (χ0) is 21.0. The van der Waals surface area contributed by atoms with Gasteiger partial charge < -0.3 is 4.74 Å². The second kappa shape index (κ2) is 7.01. The molecule has 2 unspecified atom stereocenters. The van der Waals surface area contributed by atoms with Crippen LogP contribution in [-0.2, 0) is 12.8 Å². The van der Waals surface area contributed by atoms with Crippen molar-refractivity contribution in [3.63, 3.8) is 0 Å². The molecule has 0 amide bonds. The number of rotatable bonds is 5. The Kier molecular flexibility index (Phi) is 4.42. The van der Waals surface area contributed by atoms with Crippen molar-refractivity contribution in [3.05, 3.63) is 38.9 Å². The van der Waals surface area contributed by atoms with Gasteiger partial charge in [0.15, 0.2) is 11.5 Å². The molecule has 0 N–H and O–H groups in total. The third-order valence-corrected chi connectivity index (χ3v) is 7.08. The lowest BCUT2D eigenvalue weighted by molar-refractivity contribution is -0.385. The minimum absolute atomic E-state index is 0.0305. The van der Waals surface area contributed by atoms with E-state index in [2.05, 4.69) is 22.1 Å². The van der Waals surface area contributed by atoms with Crippen LogP contribution in [0.25, 0.3) is 15.9 Å². The van der Waals surface area contributed by atoms with Crippen LogP contribution in [0.1, 0.15) is 49.0 Å². The van der Waals surface area contributed by atoms with Crippen LogP contribution in [0, 0.1) is 16.0 Å². The van der Waals surface area contributed by atoms with E-state index < -0.39 is 11.0 Å². The average Bonchev–Trinajstić information content (AvgIpc) is 3.45. The summed E-state index contributed by atoms with van der Waals surface area (Å²) in [5.74, 6) is 1.23. The number of thiophene rings is 1. The summed E-state index contributed by atoms with van der Waals surface area (Å²) in [5.41, 5.74) is 1.94. The number of methoxy groups -OCH3 is 1. The molecular weight excluding hydrogens is 406 g/mol. The molecule has 2 atom stereocenters. The van der Waals surface area contributed by atoms with Crippen molar-refractivity contribution in [2.24, 2.45) is 5.92 Å². The molecule has 0 saturated carbocycles. The molecule has 5 rings (SSSR count). The highest BCUT2D eigenvalue weighted by atomic mass is 32.1. The molecular formula is C19H21N7O3S. The number of hydrogen-bond acceptors (Lipinski definition) is 8. The van der Waals surface area contributed by atoms with Crippen molar-refractivity contribution in [1.82, 2.24) is 29.4 Å². The predicted octanol–water partition coefficient (Wildman–Crippen LogP) is 3.58. The van der Waals surface area contributed by atoms with Crippen molar-refractivity contribution < 1.29 is 9.66 Å². The number of fused-ring (bicyclic) bond motifs is 5. The van der Waals surface area contributed by atoms with Gasteiger partial charge in [0.05, 0.1) is 17.4 Å². The molecule has 10 nitrogen and oxygen atoms in total. The number of ether oxygens (including phenoxy) is 1. The van der Waals surface area contributed by atoms with Crippen LogP contribution < -0.4 is 4.74 Å². The highest BCUT2D eigenvalue weighted by Crippen LogP contribution is 2.39. The van der Waals surface area contributed by atoms with Gasteiger partial charge in [-0.05, 0) is 37.7 Å². The lowest BCUT2D eigenvalue weighted by atomic mass is 9.86. The topological polar surface area (TPSA) is 113 Å². The maximum Gasteiger partial charge on any atom is 0.350 e. The first kappa shape index (κ1) is 18.9. The Hall–Kier alpha value is -3.08. The van der Waals surface area contributed by atoms with Crippen molar-refractivity contribution in [2.45, 2.75) is 45.6 Å². The van der Waals surface area contributed by atoms with Gasteiger partial charge in [-0.25, -0.2) is 14.5 Å². The summed E-state index contributed by atoms with van der Waals surface area (Å²) in [6.45, 7) is 4.10. The quantitative estimate of drug-likeness (QED) is 0.353. The molecule has 156 valence electrons. The van der Waals surface area contributed by atoms with Gasteiger partial charge in [0, 0.05) is 4.88 Å². The lowest BCUT2D eigenvalue weighted by Gasteiger charge is -2.20. The van der Waals surface area contributed by atoms with Crippen molar-refractivity contribution in [2.75, 3.05) is 7.11 Å². The molecule has 0 aliphatic heterocycles. The maximum atomic E-state index is 11.2. The summed E-state index contributed by atoms with van der Waals surface area (Å²) in [6.07, 6.45) is 7.56. The largest absolute Gasteiger partial charge is 0.475 e. The normalized spacial score (nSPS) is 17.4. The molecule has 1 aliphatic rings. The molecule has 4 heterocycles. The molecule has 0 radical (unpaired) electrons. The van der Waals surface area contributed by atoms with Gasteiger partial charge in [-0.15, -0.1) is 21.5 Å². The third kappa shape index (κ3) is 2.83. The van der Waals surface area contributed by atoms with Gasteiger partial charge in [0.1, 0.15) is 23.4 Å². The van der Waals surface area contributed by atoms with Crippen molar-refractivity contribution in [3.8, 4) is 5.88 Å². The van der Waals surface area contributed by atoms with Crippen LogP contribution >= 0.6 is 11.3 Å². The van der Waals surface area contributed by atoms with Crippen LogP contribution in [0.2, 0.25) is 0 Å². The fraction of sp³-hybridized carbons (Fsp3) is 0.474. The van der Waals surface area contributed by atoms with Gasteiger partial charge in [-0.3, -0.25) is 14.8 Å². The molecule has 0 spiro atoms. The van der Waals surface area contributed by atoms with E-state index in [1.807, 2.05) is 6.92 Å². The summed E-state index contributed by atoms with van der Waals surface area (Å²) in [5, 5.41) is 21.1. The predicted molar refractivity (Wildman–Crippen MR) is 111 cm³/mol. The number of nitro groups is 1. The van der Waals surface area contributed by atoms with Crippen molar-refractivity contribution in [1.29, 1.82) is 0 Å². The first-order chi connectivity index (χ1) is 14.5. The van der Waals surface area contributed by atoms with Gasteiger partial charge in [-0.1, -0.05) is 13.3 Å². The van der Waals surface area contributed by atoms with Crippen LogP contribution in [0.15, 0.2) is 12.5 Å². The molecule has 1 aliphatic carbocycles. The number of hydrogen-bond donors (Lipinski definition) is 0. The Balaban J connectivity index is 1.59. The Labute approximate surface area is 175 Å². The lowest BCUT2D eigenvalue weighted by Crippen LogP contribution is -2.11. The minimum atomic E-state index is -0.513. The van der Waals surface area contributed by atoms with E-state index in [0.29, 0.717) is 5.82 Å². The van der Waals surface area contributed by atoms with E-state index >= 15 is 0 Å². The van der Waals surface area contributed by atoms with E-state index in [0.717, 1.165) is 34.6 Å². The molecule has 0 saturated heterocycles. The Morgan fingerprint density at radius 1 is 1.43 bits per heavy atom. The van der Waals surface area contributed by atoms with Gasteiger partial charge in [0.2, 0.25) is 0 Å². The summed E-state index contributed by atoms with van der Waals surface area (Å²) < 4.78 is 8.19. The molecule has 0 bridgehead atoms. The Bertz CT molecular complexity index is 1270. The third-order valence-electron chi connectivity index (χ3n) is 5.92. The van der Waals surface area contributed by atoms with Crippen molar-refractivity contribution >= 4 is 32.9 Å². The first-order valence-corrected chi connectivity index (χ1v) is 10.7. The maximum absolute atomic E-state index is 11.2. The molecule has 4 aromatic rings. The van der Waals surface area contributed by atoms with E-state index in [1.54, 1.807) is 22.2 Å². The summed E-state index contributed by atoms with van der Waals surface area (Å²) in [7, 11) is 1.36. The van der Waals surface area contributed by atoms with Gasteiger partial charge in [0.25, 0.3) is 0 Å². The Morgan fingerprint density at radius 3 is 2.97 bits per heavy atom.